The Morgan fingerprint density at radius 3 is 2.81 bits per heavy atom. The molecule has 0 bridgehead atoms. The van der Waals surface area contributed by atoms with Crippen LogP contribution in [0.3, 0.4) is 0 Å². The minimum absolute atomic E-state index is 0.0703. The lowest BCUT2D eigenvalue weighted by molar-refractivity contribution is 0.0929. The molecular formula is C16H20N4O. The van der Waals surface area contributed by atoms with Gasteiger partial charge in [0.2, 0.25) is 0 Å². The minimum atomic E-state index is -0.0703. The fourth-order valence-corrected chi connectivity index (χ4v) is 2.93. The maximum atomic E-state index is 12.4. The molecule has 1 aromatic carbocycles. The second-order valence-electron chi connectivity index (χ2n) is 5.55. The largest absolute Gasteiger partial charge is 0.348 e. The van der Waals surface area contributed by atoms with E-state index in [1.165, 1.54) is 0 Å². The summed E-state index contributed by atoms with van der Waals surface area (Å²) in [6.45, 7) is 0.703. The van der Waals surface area contributed by atoms with E-state index in [0.717, 1.165) is 24.9 Å². The quantitative estimate of drug-likeness (QED) is 0.898. The van der Waals surface area contributed by atoms with Gasteiger partial charge in [-0.15, -0.1) is 0 Å². The third kappa shape index (κ3) is 2.97. The Morgan fingerprint density at radius 2 is 2.10 bits per heavy atom. The Bertz CT molecular complexity index is 608. The Kier molecular flexibility index (Phi) is 4.01. The molecule has 0 radical (unpaired) electrons. The molecule has 21 heavy (non-hydrogen) atoms. The second-order valence-corrected chi connectivity index (χ2v) is 5.55. The van der Waals surface area contributed by atoms with Crippen molar-refractivity contribution in [1.82, 2.24) is 15.1 Å². The fraction of sp³-hybridized carbons (Fsp3) is 0.375. The zero-order chi connectivity index (χ0) is 14.7. The average molecular weight is 284 g/mol. The van der Waals surface area contributed by atoms with Crippen molar-refractivity contribution in [2.45, 2.75) is 25.3 Å². The Balaban J connectivity index is 1.73. The van der Waals surface area contributed by atoms with Crippen LogP contribution in [0.5, 0.6) is 0 Å². The molecule has 3 rings (SSSR count). The summed E-state index contributed by atoms with van der Waals surface area (Å²) in [5, 5.41) is 7.35. The summed E-state index contributed by atoms with van der Waals surface area (Å²) >= 11 is 0. The summed E-state index contributed by atoms with van der Waals surface area (Å²) < 4.78 is 1.67. The van der Waals surface area contributed by atoms with E-state index >= 15 is 0 Å². The Hall–Kier alpha value is -2.14. The van der Waals surface area contributed by atoms with E-state index in [0.29, 0.717) is 18.2 Å². The van der Waals surface area contributed by atoms with Crippen molar-refractivity contribution in [2.75, 3.05) is 6.54 Å². The lowest BCUT2D eigenvalue weighted by Crippen LogP contribution is -2.34. The second kappa shape index (κ2) is 6.10. The number of rotatable bonds is 4. The Morgan fingerprint density at radius 1 is 1.29 bits per heavy atom. The first-order valence-corrected chi connectivity index (χ1v) is 7.38. The molecule has 0 aliphatic heterocycles. The first-order valence-electron chi connectivity index (χ1n) is 7.38. The summed E-state index contributed by atoms with van der Waals surface area (Å²) in [6.07, 6.45) is 4.73. The lowest BCUT2D eigenvalue weighted by atomic mass is 10.1. The normalized spacial score (nSPS) is 21.4. The molecule has 2 aromatic rings. The van der Waals surface area contributed by atoms with Gasteiger partial charge in [-0.2, -0.15) is 5.10 Å². The molecule has 0 saturated heterocycles. The number of benzene rings is 1. The molecule has 1 heterocycles. The van der Waals surface area contributed by atoms with E-state index in [1.54, 1.807) is 16.9 Å². The number of amides is 1. The third-order valence-electron chi connectivity index (χ3n) is 4.09. The van der Waals surface area contributed by atoms with Gasteiger partial charge in [-0.3, -0.25) is 4.79 Å². The molecule has 0 spiro atoms. The summed E-state index contributed by atoms with van der Waals surface area (Å²) in [6, 6.07) is 11.7. The highest BCUT2D eigenvalue weighted by atomic mass is 16.2. The summed E-state index contributed by atoms with van der Waals surface area (Å²) in [5.41, 5.74) is 7.15. The van der Waals surface area contributed by atoms with Crippen LogP contribution in [0.2, 0.25) is 0 Å². The zero-order valence-corrected chi connectivity index (χ0v) is 11.9. The number of aromatic nitrogens is 2. The van der Waals surface area contributed by atoms with Crippen LogP contribution in [-0.4, -0.2) is 28.3 Å². The number of carbonyl (C=O) groups is 1. The molecule has 1 fully saturated rings. The predicted molar refractivity (Wildman–Crippen MR) is 81.2 cm³/mol. The van der Waals surface area contributed by atoms with Crippen LogP contribution in [0, 0.1) is 5.92 Å². The van der Waals surface area contributed by atoms with E-state index in [1.807, 2.05) is 30.3 Å². The first-order chi connectivity index (χ1) is 10.3. The van der Waals surface area contributed by atoms with E-state index < -0.39 is 0 Å². The molecule has 2 unspecified atom stereocenters. The summed E-state index contributed by atoms with van der Waals surface area (Å²) in [5.74, 6) is 0.466. The first kappa shape index (κ1) is 13.8. The molecule has 5 nitrogen and oxygen atoms in total. The van der Waals surface area contributed by atoms with E-state index in [2.05, 4.69) is 10.4 Å². The van der Waals surface area contributed by atoms with Gasteiger partial charge in [-0.1, -0.05) is 18.2 Å². The van der Waals surface area contributed by atoms with Crippen molar-refractivity contribution in [1.29, 1.82) is 0 Å². The standard InChI is InChI=1S/C16H20N4O/c17-11-12-6-7-13(10-12)19-16(21)15-8-9-18-20(15)14-4-2-1-3-5-14/h1-5,8-9,12-13H,6-7,10-11,17H2,(H,19,21). The Labute approximate surface area is 124 Å². The third-order valence-corrected chi connectivity index (χ3v) is 4.09. The highest BCUT2D eigenvalue weighted by Crippen LogP contribution is 2.24. The van der Waals surface area contributed by atoms with Crippen LogP contribution in [0.15, 0.2) is 42.6 Å². The molecule has 2 atom stereocenters. The molecule has 110 valence electrons. The molecular weight excluding hydrogens is 264 g/mol. The molecule has 1 aromatic heterocycles. The van der Waals surface area contributed by atoms with Crippen molar-refractivity contribution < 1.29 is 4.79 Å². The number of carbonyl (C=O) groups excluding carboxylic acids is 1. The smallest absolute Gasteiger partial charge is 0.270 e. The van der Waals surface area contributed by atoms with Crippen LogP contribution in [0.25, 0.3) is 5.69 Å². The lowest BCUT2D eigenvalue weighted by Gasteiger charge is -2.14. The van der Waals surface area contributed by atoms with Gasteiger partial charge < -0.3 is 11.1 Å². The molecule has 1 aliphatic rings. The number of hydrogen-bond acceptors (Lipinski definition) is 3. The minimum Gasteiger partial charge on any atom is -0.348 e. The maximum absolute atomic E-state index is 12.4. The van der Waals surface area contributed by atoms with Crippen molar-refractivity contribution in [3.8, 4) is 5.69 Å². The highest BCUT2D eigenvalue weighted by molar-refractivity contribution is 5.93. The fourth-order valence-electron chi connectivity index (χ4n) is 2.93. The monoisotopic (exact) mass is 284 g/mol. The van der Waals surface area contributed by atoms with Gasteiger partial charge in [0, 0.05) is 6.04 Å². The van der Waals surface area contributed by atoms with Gasteiger partial charge >= 0.3 is 0 Å². The zero-order valence-electron chi connectivity index (χ0n) is 11.9. The van der Waals surface area contributed by atoms with Gasteiger partial charge in [0.15, 0.2) is 0 Å². The van der Waals surface area contributed by atoms with Gasteiger partial charge in [0.25, 0.3) is 5.91 Å². The van der Waals surface area contributed by atoms with Crippen molar-refractivity contribution in [3.63, 3.8) is 0 Å². The molecule has 5 heteroatoms. The number of para-hydroxylation sites is 1. The maximum Gasteiger partial charge on any atom is 0.270 e. The number of nitrogens with two attached hydrogens (primary N) is 1. The number of nitrogens with one attached hydrogen (secondary N) is 1. The van der Waals surface area contributed by atoms with Crippen LogP contribution >= 0.6 is 0 Å². The molecule has 1 amide bonds. The van der Waals surface area contributed by atoms with Crippen LogP contribution in [0.4, 0.5) is 0 Å². The molecule has 1 saturated carbocycles. The van der Waals surface area contributed by atoms with Crippen LogP contribution < -0.4 is 11.1 Å². The molecule has 1 aliphatic carbocycles. The van der Waals surface area contributed by atoms with Crippen molar-refractivity contribution in [2.24, 2.45) is 11.7 Å². The summed E-state index contributed by atoms with van der Waals surface area (Å²) in [4.78, 5) is 12.4. The van der Waals surface area contributed by atoms with Crippen molar-refractivity contribution in [3.05, 3.63) is 48.3 Å². The van der Waals surface area contributed by atoms with E-state index in [4.69, 9.17) is 5.73 Å². The van der Waals surface area contributed by atoms with Gasteiger partial charge in [0.05, 0.1) is 11.9 Å². The topological polar surface area (TPSA) is 72.9 Å². The van der Waals surface area contributed by atoms with Gasteiger partial charge in [-0.05, 0) is 49.9 Å². The molecule has 3 N–H and O–H groups in total. The number of hydrogen-bond donors (Lipinski definition) is 2. The van der Waals surface area contributed by atoms with E-state index in [9.17, 15) is 4.79 Å². The average Bonchev–Trinajstić information content (AvgIpc) is 3.17. The predicted octanol–water partition coefficient (Wildman–Crippen LogP) is 1.73. The summed E-state index contributed by atoms with van der Waals surface area (Å²) in [7, 11) is 0. The van der Waals surface area contributed by atoms with Gasteiger partial charge in [0.1, 0.15) is 5.69 Å². The number of nitrogens with zero attached hydrogens (tertiary/aromatic N) is 2. The van der Waals surface area contributed by atoms with Gasteiger partial charge in [-0.25, -0.2) is 4.68 Å². The van der Waals surface area contributed by atoms with Crippen molar-refractivity contribution >= 4 is 5.91 Å². The van der Waals surface area contributed by atoms with Crippen LogP contribution in [0.1, 0.15) is 29.8 Å². The highest BCUT2D eigenvalue weighted by Gasteiger charge is 2.26. The van der Waals surface area contributed by atoms with E-state index in [-0.39, 0.29) is 11.9 Å². The SMILES string of the molecule is NCC1CCC(NC(=O)c2ccnn2-c2ccccc2)C1. The van der Waals surface area contributed by atoms with Crippen LogP contribution in [-0.2, 0) is 0 Å².